The van der Waals surface area contributed by atoms with Crippen molar-refractivity contribution >= 4 is 5.96 Å². The summed E-state index contributed by atoms with van der Waals surface area (Å²) in [7, 11) is 0. The van der Waals surface area contributed by atoms with Gasteiger partial charge in [0.1, 0.15) is 6.54 Å². The van der Waals surface area contributed by atoms with Gasteiger partial charge in [-0.15, -0.1) is 0 Å². The summed E-state index contributed by atoms with van der Waals surface area (Å²) >= 11 is 0. The molecule has 0 amide bonds. The molecule has 146 valence electrons. The molecular formula is C20H30N6O. The second-order valence-corrected chi connectivity index (χ2v) is 7.10. The Bertz CT molecular complexity index is 729. The number of aromatic nitrogens is 2. The summed E-state index contributed by atoms with van der Waals surface area (Å²) in [6, 6.07) is 11.6. The number of guanidine groups is 1. The van der Waals surface area contributed by atoms with Gasteiger partial charge in [-0.3, -0.25) is 4.90 Å². The van der Waals surface area contributed by atoms with Crippen LogP contribution in [0.25, 0.3) is 0 Å². The third kappa shape index (κ3) is 5.79. The zero-order valence-electron chi connectivity index (χ0n) is 16.5. The van der Waals surface area contributed by atoms with Crippen molar-refractivity contribution in [3.05, 3.63) is 47.6 Å². The van der Waals surface area contributed by atoms with Crippen LogP contribution in [0.1, 0.15) is 44.0 Å². The van der Waals surface area contributed by atoms with Gasteiger partial charge in [-0.2, -0.15) is 4.98 Å². The highest BCUT2D eigenvalue weighted by Crippen LogP contribution is 2.20. The van der Waals surface area contributed by atoms with Crippen molar-refractivity contribution < 1.29 is 4.52 Å². The van der Waals surface area contributed by atoms with Crippen LogP contribution in [0.5, 0.6) is 0 Å². The molecule has 2 unspecified atom stereocenters. The molecule has 0 radical (unpaired) electrons. The van der Waals surface area contributed by atoms with Gasteiger partial charge in [0.15, 0.2) is 11.8 Å². The van der Waals surface area contributed by atoms with Gasteiger partial charge in [0, 0.05) is 31.7 Å². The van der Waals surface area contributed by atoms with E-state index in [1.165, 1.54) is 5.56 Å². The van der Waals surface area contributed by atoms with Gasteiger partial charge in [0.25, 0.3) is 0 Å². The third-order valence-electron chi connectivity index (χ3n) is 4.87. The molecule has 1 aromatic carbocycles. The molecule has 1 aromatic heterocycles. The first-order valence-electron chi connectivity index (χ1n) is 9.76. The lowest BCUT2D eigenvalue weighted by Crippen LogP contribution is -2.51. The monoisotopic (exact) mass is 370 g/mol. The Morgan fingerprint density at radius 2 is 2.15 bits per heavy atom. The number of rotatable bonds is 6. The number of likely N-dealkylation sites (tertiary alicyclic amines) is 1. The van der Waals surface area contributed by atoms with Crippen LogP contribution in [0.4, 0.5) is 0 Å². The number of hydrogen-bond acceptors (Lipinski definition) is 5. The first-order chi connectivity index (χ1) is 13.1. The molecule has 1 aliphatic heterocycles. The Balaban J connectivity index is 1.53. The normalized spacial score (nSPS) is 21.2. The number of piperidine rings is 1. The fraction of sp³-hybridized carbons (Fsp3) is 0.550. The van der Waals surface area contributed by atoms with Gasteiger partial charge < -0.3 is 15.2 Å². The van der Waals surface area contributed by atoms with Crippen LogP contribution in [0.3, 0.4) is 0 Å². The number of nitrogens with zero attached hydrogens (tertiary/aromatic N) is 4. The minimum Gasteiger partial charge on any atom is -0.357 e. The van der Waals surface area contributed by atoms with Gasteiger partial charge in [-0.25, -0.2) is 4.99 Å². The van der Waals surface area contributed by atoms with Crippen molar-refractivity contribution in [1.29, 1.82) is 0 Å². The lowest BCUT2D eigenvalue weighted by Gasteiger charge is -2.38. The first-order valence-corrected chi connectivity index (χ1v) is 9.76. The molecule has 2 heterocycles. The lowest BCUT2D eigenvalue weighted by atomic mass is 9.97. The van der Waals surface area contributed by atoms with Crippen molar-refractivity contribution in [1.82, 2.24) is 25.7 Å². The van der Waals surface area contributed by atoms with Crippen LogP contribution in [0.15, 0.2) is 39.8 Å². The Hall–Kier alpha value is -2.41. The van der Waals surface area contributed by atoms with Gasteiger partial charge in [0.2, 0.25) is 5.89 Å². The van der Waals surface area contributed by atoms with Crippen LogP contribution in [-0.4, -0.2) is 46.2 Å². The fourth-order valence-electron chi connectivity index (χ4n) is 3.47. The molecule has 1 saturated heterocycles. The predicted molar refractivity (Wildman–Crippen MR) is 106 cm³/mol. The SMILES string of the molecule is CCNC(=NCc1nc(C)no1)NC1CCN(Cc2ccccc2)C(C)C1. The Morgan fingerprint density at radius 1 is 1.33 bits per heavy atom. The van der Waals surface area contributed by atoms with Crippen molar-refractivity contribution in [2.24, 2.45) is 4.99 Å². The first kappa shape index (κ1) is 19.4. The summed E-state index contributed by atoms with van der Waals surface area (Å²) in [5, 5.41) is 10.7. The van der Waals surface area contributed by atoms with Crippen LogP contribution < -0.4 is 10.6 Å². The van der Waals surface area contributed by atoms with Gasteiger partial charge in [-0.1, -0.05) is 35.5 Å². The van der Waals surface area contributed by atoms with Crippen molar-refractivity contribution in [2.75, 3.05) is 13.1 Å². The highest BCUT2D eigenvalue weighted by molar-refractivity contribution is 5.80. The minimum absolute atomic E-state index is 0.387. The molecule has 2 atom stereocenters. The van der Waals surface area contributed by atoms with E-state index in [1.54, 1.807) is 0 Å². The highest BCUT2D eigenvalue weighted by Gasteiger charge is 2.26. The van der Waals surface area contributed by atoms with E-state index in [-0.39, 0.29) is 0 Å². The molecule has 2 N–H and O–H groups in total. The van der Waals surface area contributed by atoms with Gasteiger partial charge >= 0.3 is 0 Å². The molecule has 1 fully saturated rings. The summed E-state index contributed by atoms with van der Waals surface area (Å²) in [6.45, 7) is 9.48. The summed E-state index contributed by atoms with van der Waals surface area (Å²) < 4.78 is 5.14. The van der Waals surface area contributed by atoms with E-state index in [0.717, 1.165) is 38.4 Å². The van der Waals surface area contributed by atoms with Gasteiger partial charge in [-0.05, 0) is 39.2 Å². The lowest BCUT2D eigenvalue weighted by molar-refractivity contribution is 0.134. The highest BCUT2D eigenvalue weighted by atomic mass is 16.5. The van der Waals surface area contributed by atoms with Crippen LogP contribution in [0.2, 0.25) is 0 Å². The van der Waals surface area contributed by atoms with Crippen molar-refractivity contribution in [2.45, 2.75) is 58.8 Å². The number of benzene rings is 1. The van der Waals surface area contributed by atoms with E-state index >= 15 is 0 Å². The molecule has 27 heavy (non-hydrogen) atoms. The zero-order chi connectivity index (χ0) is 19.1. The van der Waals surface area contributed by atoms with E-state index in [9.17, 15) is 0 Å². The fourth-order valence-corrected chi connectivity index (χ4v) is 3.47. The largest absolute Gasteiger partial charge is 0.357 e. The average Bonchev–Trinajstić information content (AvgIpc) is 3.08. The second kappa shape index (κ2) is 9.50. The van der Waals surface area contributed by atoms with Crippen molar-refractivity contribution in [3.8, 4) is 0 Å². The summed E-state index contributed by atoms with van der Waals surface area (Å²) in [4.78, 5) is 11.3. The standard InChI is InChI=1S/C20H30N6O/c1-4-21-20(22-13-19-23-16(3)25-27-19)24-18-10-11-26(15(2)12-18)14-17-8-6-5-7-9-17/h5-9,15,18H,4,10-14H2,1-3H3,(H2,21,22,24). The quantitative estimate of drug-likeness (QED) is 0.601. The third-order valence-corrected chi connectivity index (χ3v) is 4.87. The molecular weight excluding hydrogens is 340 g/mol. The number of aryl methyl sites for hydroxylation is 1. The predicted octanol–water partition coefficient (Wildman–Crippen LogP) is 2.49. The topological polar surface area (TPSA) is 78.6 Å². The Kier molecular flexibility index (Phi) is 6.81. The summed E-state index contributed by atoms with van der Waals surface area (Å²) in [6.07, 6.45) is 2.19. The summed E-state index contributed by atoms with van der Waals surface area (Å²) in [5.74, 6) is 1.98. The number of aliphatic imine (C=N–C) groups is 1. The summed E-state index contributed by atoms with van der Waals surface area (Å²) in [5.41, 5.74) is 1.38. The van der Waals surface area contributed by atoms with E-state index in [2.05, 4.69) is 74.8 Å². The maximum Gasteiger partial charge on any atom is 0.248 e. The second-order valence-electron chi connectivity index (χ2n) is 7.10. The van der Waals surface area contributed by atoms with E-state index in [1.807, 2.05) is 6.92 Å². The van der Waals surface area contributed by atoms with E-state index in [4.69, 9.17) is 4.52 Å². The molecule has 7 heteroatoms. The Labute approximate surface area is 161 Å². The minimum atomic E-state index is 0.387. The van der Waals surface area contributed by atoms with Crippen LogP contribution in [0, 0.1) is 6.92 Å². The molecule has 3 rings (SSSR count). The van der Waals surface area contributed by atoms with E-state index in [0.29, 0.717) is 30.3 Å². The molecule has 0 saturated carbocycles. The van der Waals surface area contributed by atoms with Crippen LogP contribution in [-0.2, 0) is 13.1 Å². The molecule has 7 nitrogen and oxygen atoms in total. The Morgan fingerprint density at radius 3 is 2.81 bits per heavy atom. The van der Waals surface area contributed by atoms with Crippen molar-refractivity contribution in [3.63, 3.8) is 0 Å². The van der Waals surface area contributed by atoms with Crippen LogP contribution >= 0.6 is 0 Å². The molecule has 2 aromatic rings. The maximum absolute atomic E-state index is 5.14. The molecule has 0 spiro atoms. The molecule has 0 bridgehead atoms. The average molecular weight is 371 g/mol. The molecule has 1 aliphatic rings. The smallest absolute Gasteiger partial charge is 0.248 e. The zero-order valence-corrected chi connectivity index (χ0v) is 16.5. The number of nitrogens with one attached hydrogen (secondary N) is 2. The number of hydrogen-bond donors (Lipinski definition) is 2. The van der Waals surface area contributed by atoms with Gasteiger partial charge in [0.05, 0.1) is 0 Å². The van der Waals surface area contributed by atoms with E-state index < -0.39 is 0 Å². The maximum atomic E-state index is 5.14. The molecule has 0 aliphatic carbocycles.